The third-order valence-corrected chi connectivity index (χ3v) is 5.87. The van der Waals surface area contributed by atoms with Crippen LogP contribution in [0.3, 0.4) is 0 Å². The molecule has 0 spiro atoms. The van der Waals surface area contributed by atoms with Gasteiger partial charge in [-0.3, -0.25) is 4.79 Å². The van der Waals surface area contributed by atoms with Gasteiger partial charge in [0.05, 0.1) is 0 Å². The zero-order valence-corrected chi connectivity index (χ0v) is 15.5. The first kappa shape index (κ1) is 16.8. The molecule has 0 aromatic heterocycles. The van der Waals surface area contributed by atoms with Gasteiger partial charge in [0.2, 0.25) is 12.9 Å². The summed E-state index contributed by atoms with van der Waals surface area (Å²) >= 11 is 5.96. The van der Waals surface area contributed by atoms with Gasteiger partial charge in [0.25, 0.3) is 5.91 Å². The van der Waals surface area contributed by atoms with E-state index >= 15 is 0 Å². The Morgan fingerprint density at radius 1 is 1.00 bits per heavy atom. The van der Waals surface area contributed by atoms with Crippen molar-refractivity contribution in [2.75, 3.05) is 6.79 Å². The molecule has 27 heavy (non-hydrogen) atoms. The Kier molecular flexibility index (Phi) is 4.12. The molecule has 2 aliphatic heterocycles. The fourth-order valence-corrected chi connectivity index (χ4v) is 4.41. The van der Waals surface area contributed by atoms with E-state index in [-0.39, 0.29) is 24.8 Å². The first-order valence-corrected chi connectivity index (χ1v) is 9.72. The minimum atomic E-state index is -0.535. The number of carbonyl (C=O) groups is 1. The molecule has 1 saturated heterocycles. The number of fused-ring (bicyclic) bond motifs is 1. The van der Waals surface area contributed by atoms with E-state index in [1.165, 1.54) is 12.8 Å². The fraction of sp³-hybridized carbons (Fsp3) is 0.381. The molecule has 0 bridgehead atoms. The van der Waals surface area contributed by atoms with E-state index in [0.29, 0.717) is 10.8 Å². The average Bonchev–Trinajstić information content (AvgIpc) is 3.36. The minimum absolute atomic E-state index is 0.0551. The molecule has 0 radical (unpaired) electrons. The molecule has 6 heteroatoms. The molecule has 3 aliphatic rings. The second-order valence-corrected chi connectivity index (χ2v) is 7.67. The summed E-state index contributed by atoms with van der Waals surface area (Å²) in [7, 11) is 0. The van der Waals surface area contributed by atoms with Gasteiger partial charge in [0, 0.05) is 11.1 Å². The van der Waals surface area contributed by atoms with Crippen molar-refractivity contribution in [1.29, 1.82) is 0 Å². The SMILES string of the molecule is O=C1[C@@H](Oc2ccc(Cl)cc2)[C@H](c2ccc3c(c2)OCO3)N1C1CCCC1. The first-order valence-electron chi connectivity index (χ1n) is 9.35. The van der Waals surface area contributed by atoms with Gasteiger partial charge in [-0.2, -0.15) is 0 Å². The third kappa shape index (κ3) is 2.90. The topological polar surface area (TPSA) is 48.0 Å². The molecule has 1 aliphatic carbocycles. The molecule has 2 aromatic rings. The Bertz CT molecular complexity index is 863. The molecule has 5 nitrogen and oxygen atoms in total. The van der Waals surface area contributed by atoms with E-state index in [2.05, 4.69) is 0 Å². The smallest absolute Gasteiger partial charge is 0.267 e. The van der Waals surface area contributed by atoms with Crippen molar-refractivity contribution in [2.24, 2.45) is 0 Å². The van der Waals surface area contributed by atoms with Gasteiger partial charge in [-0.1, -0.05) is 30.5 Å². The quantitative estimate of drug-likeness (QED) is 0.734. The molecular weight excluding hydrogens is 366 g/mol. The minimum Gasteiger partial charge on any atom is -0.478 e. The monoisotopic (exact) mass is 385 g/mol. The Morgan fingerprint density at radius 2 is 1.74 bits per heavy atom. The average molecular weight is 386 g/mol. The molecule has 2 atom stereocenters. The Labute approximate surface area is 162 Å². The van der Waals surface area contributed by atoms with Crippen LogP contribution < -0.4 is 14.2 Å². The zero-order valence-electron chi connectivity index (χ0n) is 14.8. The maximum atomic E-state index is 13.0. The van der Waals surface area contributed by atoms with Crippen LogP contribution in [-0.4, -0.2) is 29.7 Å². The predicted molar refractivity (Wildman–Crippen MR) is 100 cm³/mol. The summed E-state index contributed by atoms with van der Waals surface area (Å²) < 4.78 is 17.0. The number of β-lactam (4-membered cyclic amide) rings is 1. The highest BCUT2D eigenvalue weighted by Gasteiger charge is 2.53. The number of halogens is 1. The second-order valence-electron chi connectivity index (χ2n) is 7.23. The van der Waals surface area contributed by atoms with Gasteiger partial charge in [-0.15, -0.1) is 0 Å². The van der Waals surface area contributed by atoms with Crippen LogP contribution in [0.2, 0.25) is 5.02 Å². The lowest BCUT2D eigenvalue weighted by Gasteiger charge is -2.50. The zero-order chi connectivity index (χ0) is 18.4. The van der Waals surface area contributed by atoms with E-state index in [0.717, 1.165) is 29.9 Å². The molecule has 2 aromatic carbocycles. The van der Waals surface area contributed by atoms with Gasteiger partial charge in [-0.25, -0.2) is 0 Å². The van der Waals surface area contributed by atoms with E-state index in [9.17, 15) is 4.79 Å². The number of rotatable bonds is 4. The van der Waals surface area contributed by atoms with E-state index in [1.54, 1.807) is 24.3 Å². The third-order valence-electron chi connectivity index (χ3n) is 5.62. The highest BCUT2D eigenvalue weighted by Crippen LogP contribution is 2.45. The molecule has 1 amide bonds. The molecule has 2 heterocycles. The van der Waals surface area contributed by atoms with Crippen molar-refractivity contribution in [3.05, 3.63) is 53.1 Å². The van der Waals surface area contributed by atoms with Crippen molar-refractivity contribution in [3.8, 4) is 17.2 Å². The van der Waals surface area contributed by atoms with Gasteiger partial charge >= 0.3 is 0 Å². The highest BCUT2D eigenvalue weighted by molar-refractivity contribution is 6.30. The maximum absolute atomic E-state index is 13.0. The number of carbonyl (C=O) groups excluding carboxylic acids is 1. The van der Waals surface area contributed by atoms with Crippen LogP contribution in [0.4, 0.5) is 0 Å². The molecular formula is C21H20ClNO4. The maximum Gasteiger partial charge on any atom is 0.267 e. The summed E-state index contributed by atoms with van der Waals surface area (Å²) in [6.07, 6.45) is 3.92. The first-order chi connectivity index (χ1) is 13.2. The number of likely N-dealkylation sites (tertiary alicyclic amines) is 1. The van der Waals surface area contributed by atoms with Crippen LogP contribution in [0, 0.1) is 0 Å². The lowest BCUT2D eigenvalue weighted by molar-refractivity contribution is -0.169. The summed E-state index contributed by atoms with van der Waals surface area (Å²) in [6.45, 7) is 0.236. The fourth-order valence-electron chi connectivity index (χ4n) is 4.28. The van der Waals surface area contributed by atoms with Crippen molar-refractivity contribution in [2.45, 2.75) is 43.9 Å². The lowest BCUT2D eigenvalue weighted by atomic mass is 9.87. The van der Waals surface area contributed by atoms with Crippen molar-refractivity contribution < 1.29 is 19.0 Å². The predicted octanol–water partition coefficient (Wildman–Crippen LogP) is 4.34. The molecule has 2 fully saturated rings. The number of ether oxygens (including phenoxy) is 3. The number of benzene rings is 2. The number of nitrogens with zero attached hydrogens (tertiary/aromatic N) is 1. The van der Waals surface area contributed by atoms with Crippen LogP contribution >= 0.6 is 11.6 Å². The standard InChI is InChI=1S/C21H20ClNO4/c22-14-6-8-16(9-7-14)27-20-19(23(21(20)24)15-3-1-2-4-15)13-5-10-17-18(11-13)26-12-25-17/h5-11,15,19-20H,1-4,12H2/t19-,20-/m0/s1. The Morgan fingerprint density at radius 3 is 2.52 bits per heavy atom. The van der Waals surface area contributed by atoms with E-state index < -0.39 is 6.10 Å². The second kappa shape index (κ2) is 6.64. The summed E-state index contributed by atoms with van der Waals surface area (Å²) in [5.41, 5.74) is 1.02. The molecule has 140 valence electrons. The van der Waals surface area contributed by atoms with E-state index in [4.69, 9.17) is 25.8 Å². The van der Waals surface area contributed by atoms with Gasteiger partial charge < -0.3 is 19.1 Å². The van der Waals surface area contributed by atoms with Crippen LogP contribution in [0.5, 0.6) is 17.2 Å². The van der Waals surface area contributed by atoms with Gasteiger partial charge in [-0.05, 0) is 54.8 Å². The molecule has 0 N–H and O–H groups in total. The van der Waals surface area contributed by atoms with Gasteiger partial charge in [0.1, 0.15) is 11.8 Å². The van der Waals surface area contributed by atoms with Crippen molar-refractivity contribution >= 4 is 17.5 Å². The van der Waals surface area contributed by atoms with Crippen LogP contribution in [0.1, 0.15) is 37.3 Å². The largest absolute Gasteiger partial charge is 0.478 e. The van der Waals surface area contributed by atoms with Crippen LogP contribution in [0.25, 0.3) is 0 Å². The molecule has 0 unspecified atom stereocenters. The van der Waals surface area contributed by atoms with Crippen LogP contribution in [0.15, 0.2) is 42.5 Å². The summed E-state index contributed by atoms with van der Waals surface area (Å²) in [6, 6.07) is 13.2. The lowest BCUT2D eigenvalue weighted by Crippen LogP contribution is -2.64. The number of hydrogen-bond acceptors (Lipinski definition) is 4. The summed E-state index contributed by atoms with van der Waals surface area (Å²) in [5, 5.41) is 0.641. The highest BCUT2D eigenvalue weighted by atomic mass is 35.5. The number of hydrogen-bond donors (Lipinski definition) is 0. The van der Waals surface area contributed by atoms with Crippen molar-refractivity contribution in [3.63, 3.8) is 0 Å². The van der Waals surface area contributed by atoms with Crippen molar-refractivity contribution in [1.82, 2.24) is 4.90 Å². The Hall–Kier alpha value is -2.40. The summed E-state index contributed by atoms with van der Waals surface area (Å²) in [5.74, 6) is 2.17. The van der Waals surface area contributed by atoms with E-state index in [1.807, 2.05) is 23.1 Å². The molecule has 5 rings (SSSR count). The van der Waals surface area contributed by atoms with Crippen LogP contribution in [-0.2, 0) is 4.79 Å². The normalized spacial score (nSPS) is 24.2. The summed E-state index contributed by atoms with van der Waals surface area (Å²) in [4.78, 5) is 15.0. The van der Waals surface area contributed by atoms with Gasteiger partial charge in [0.15, 0.2) is 11.5 Å². The number of amides is 1. The Balaban J connectivity index is 1.45. The molecule has 1 saturated carbocycles.